The average Bonchev–Trinajstić information content (AvgIpc) is 2.71. The lowest BCUT2D eigenvalue weighted by atomic mass is 9.79. The average molecular weight is 374 g/mol. The summed E-state index contributed by atoms with van der Waals surface area (Å²) in [5.74, 6) is 0.916. The second-order valence-corrected chi connectivity index (χ2v) is 8.46. The van der Waals surface area contributed by atoms with Crippen molar-refractivity contribution >= 4 is 11.0 Å². The Hall–Kier alpha value is -2.55. The minimum Gasteiger partial charge on any atom is -0.487 e. The molecule has 0 amide bonds. The molecule has 3 nitrogen and oxygen atoms in total. The maximum absolute atomic E-state index is 12.7. The van der Waals surface area contributed by atoms with Crippen LogP contribution in [0.5, 0.6) is 5.75 Å². The van der Waals surface area contributed by atoms with Crippen molar-refractivity contribution in [3.63, 3.8) is 0 Å². The summed E-state index contributed by atoms with van der Waals surface area (Å²) in [6, 6.07) is 14.2. The number of ether oxygens (including phenoxy) is 1. The lowest BCUT2D eigenvalue weighted by molar-refractivity contribution is 0.0109. The zero-order valence-corrected chi connectivity index (χ0v) is 16.4. The highest BCUT2D eigenvalue weighted by atomic mass is 16.5. The monoisotopic (exact) mass is 374 g/mol. The first-order valence-corrected chi connectivity index (χ1v) is 10.5. The summed E-state index contributed by atoms with van der Waals surface area (Å²) in [6.45, 7) is 2.04. The van der Waals surface area contributed by atoms with E-state index in [1.807, 2.05) is 43.3 Å². The van der Waals surface area contributed by atoms with Crippen molar-refractivity contribution in [2.45, 2.75) is 63.9 Å². The Labute approximate surface area is 165 Å². The fraction of sp³-hybridized carbons (Fsp3) is 0.400. The molecule has 1 saturated carbocycles. The van der Waals surface area contributed by atoms with Crippen molar-refractivity contribution in [2.24, 2.45) is 0 Å². The zero-order valence-electron chi connectivity index (χ0n) is 16.4. The first kappa shape index (κ1) is 17.5. The Morgan fingerprint density at radius 3 is 2.57 bits per heavy atom. The molecule has 0 atom stereocenters. The van der Waals surface area contributed by atoms with Gasteiger partial charge in [0, 0.05) is 23.4 Å². The van der Waals surface area contributed by atoms with E-state index in [2.05, 4.69) is 6.07 Å². The first-order valence-electron chi connectivity index (χ1n) is 10.5. The molecule has 0 bridgehead atoms. The second-order valence-electron chi connectivity index (χ2n) is 8.46. The molecule has 1 aliphatic carbocycles. The molecule has 0 radical (unpaired) electrons. The number of rotatable bonds is 2. The fourth-order valence-electron chi connectivity index (χ4n) is 4.95. The van der Waals surface area contributed by atoms with Gasteiger partial charge in [0.25, 0.3) is 0 Å². The van der Waals surface area contributed by atoms with Gasteiger partial charge in [0.1, 0.15) is 16.9 Å². The van der Waals surface area contributed by atoms with Crippen molar-refractivity contribution in [3.05, 3.63) is 75.1 Å². The van der Waals surface area contributed by atoms with Gasteiger partial charge in [-0.25, -0.2) is 4.79 Å². The van der Waals surface area contributed by atoms with E-state index in [9.17, 15) is 4.79 Å². The van der Waals surface area contributed by atoms with Gasteiger partial charge in [-0.3, -0.25) is 0 Å². The van der Waals surface area contributed by atoms with Gasteiger partial charge in [-0.1, -0.05) is 36.8 Å². The normalized spacial score (nSPS) is 18.0. The minimum absolute atomic E-state index is 0.00150. The van der Waals surface area contributed by atoms with E-state index in [-0.39, 0.29) is 11.2 Å². The summed E-state index contributed by atoms with van der Waals surface area (Å²) in [5.41, 5.74) is 4.55. The van der Waals surface area contributed by atoms with Crippen molar-refractivity contribution < 1.29 is 9.15 Å². The number of aryl methyl sites for hydroxylation is 2. The van der Waals surface area contributed by atoms with Crippen LogP contribution in [0.3, 0.4) is 0 Å². The van der Waals surface area contributed by atoms with Crippen LogP contribution in [0, 0.1) is 6.92 Å². The largest absolute Gasteiger partial charge is 0.487 e. The van der Waals surface area contributed by atoms with Crippen molar-refractivity contribution in [1.29, 1.82) is 0 Å². The summed E-state index contributed by atoms with van der Waals surface area (Å²) < 4.78 is 12.3. The Bertz CT molecular complexity index is 1070. The molecule has 1 fully saturated rings. The summed E-state index contributed by atoms with van der Waals surface area (Å²) in [4.78, 5) is 12.7. The molecular weight excluding hydrogens is 348 g/mol. The third kappa shape index (κ3) is 3.03. The van der Waals surface area contributed by atoms with Crippen molar-refractivity contribution in [1.82, 2.24) is 0 Å². The smallest absolute Gasteiger partial charge is 0.340 e. The number of benzene rings is 2. The summed E-state index contributed by atoms with van der Waals surface area (Å²) >= 11 is 0. The van der Waals surface area contributed by atoms with Crippen LogP contribution in [0.15, 0.2) is 51.7 Å². The lowest BCUT2D eigenvalue weighted by Gasteiger charge is -2.41. The van der Waals surface area contributed by atoms with Crippen LogP contribution in [0.4, 0.5) is 0 Å². The molecule has 1 aromatic heterocycles. The van der Waals surface area contributed by atoms with E-state index in [0.717, 1.165) is 53.5 Å². The highest BCUT2D eigenvalue weighted by Crippen LogP contribution is 2.43. The van der Waals surface area contributed by atoms with Crippen LogP contribution in [-0.4, -0.2) is 5.60 Å². The Balaban J connectivity index is 1.56. The second kappa shape index (κ2) is 6.80. The van der Waals surface area contributed by atoms with Crippen LogP contribution in [0.1, 0.15) is 60.8 Å². The van der Waals surface area contributed by atoms with Crippen LogP contribution >= 0.6 is 0 Å². The van der Waals surface area contributed by atoms with E-state index >= 15 is 0 Å². The molecule has 28 heavy (non-hydrogen) atoms. The Morgan fingerprint density at radius 1 is 1.00 bits per heavy atom. The minimum atomic E-state index is -0.239. The third-order valence-corrected chi connectivity index (χ3v) is 6.63. The highest BCUT2D eigenvalue weighted by Gasteiger charge is 2.37. The number of hydrogen-bond donors (Lipinski definition) is 0. The van der Waals surface area contributed by atoms with Crippen LogP contribution < -0.4 is 10.4 Å². The molecule has 2 heterocycles. The van der Waals surface area contributed by atoms with Gasteiger partial charge >= 0.3 is 5.63 Å². The predicted molar refractivity (Wildman–Crippen MR) is 111 cm³/mol. The van der Waals surface area contributed by atoms with Crippen molar-refractivity contribution in [3.8, 4) is 5.75 Å². The Morgan fingerprint density at radius 2 is 1.79 bits per heavy atom. The van der Waals surface area contributed by atoms with Gasteiger partial charge in [-0.15, -0.1) is 0 Å². The highest BCUT2D eigenvalue weighted by molar-refractivity contribution is 5.84. The summed E-state index contributed by atoms with van der Waals surface area (Å²) in [5, 5.41) is 1.03. The quantitative estimate of drug-likeness (QED) is 0.539. The molecule has 2 aromatic carbocycles. The van der Waals surface area contributed by atoms with Gasteiger partial charge in [0.05, 0.1) is 0 Å². The first-order chi connectivity index (χ1) is 13.6. The molecule has 5 rings (SSSR count). The van der Waals surface area contributed by atoms with E-state index in [1.54, 1.807) is 0 Å². The fourth-order valence-corrected chi connectivity index (χ4v) is 4.95. The Kier molecular flexibility index (Phi) is 4.26. The summed E-state index contributed by atoms with van der Waals surface area (Å²) in [6.07, 6.45) is 8.83. The SMILES string of the molecule is Cc1c(Cc2ccccc2)c(=O)oc2cc3c(cc12)CCC1(CCCCC1)O3. The number of hydrogen-bond acceptors (Lipinski definition) is 3. The maximum Gasteiger partial charge on any atom is 0.340 e. The summed E-state index contributed by atoms with van der Waals surface area (Å²) in [7, 11) is 0. The molecular formula is C25H26O3. The molecule has 0 unspecified atom stereocenters. The van der Waals surface area contributed by atoms with Gasteiger partial charge < -0.3 is 9.15 Å². The standard InChI is InChI=1S/C25H26O3/c1-17-20-15-19-10-13-25(11-6-3-7-12-25)28-22(19)16-23(20)27-24(26)21(17)14-18-8-4-2-5-9-18/h2,4-5,8-9,15-16H,3,6-7,10-14H2,1H3. The maximum atomic E-state index is 12.7. The van der Waals surface area contributed by atoms with E-state index < -0.39 is 0 Å². The topological polar surface area (TPSA) is 39.4 Å². The third-order valence-electron chi connectivity index (χ3n) is 6.63. The molecule has 1 aliphatic heterocycles. The zero-order chi connectivity index (χ0) is 19.1. The van der Waals surface area contributed by atoms with Crippen LogP contribution in [0.2, 0.25) is 0 Å². The molecule has 1 spiro atoms. The van der Waals surface area contributed by atoms with Gasteiger partial charge in [0.2, 0.25) is 0 Å². The molecule has 144 valence electrons. The van der Waals surface area contributed by atoms with Crippen LogP contribution in [0.25, 0.3) is 11.0 Å². The van der Waals surface area contributed by atoms with Gasteiger partial charge in [-0.05, 0) is 68.2 Å². The number of fused-ring (bicyclic) bond motifs is 2. The van der Waals surface area contributed by atoms with Gasteiger partial charge in [0.15, 0.2) is 0 Å². The van der Waals surface area contributed by atoms with Gasteiger partial charge in [-0.2, -0.15) is 0 Å². The lowest BCUT2D eigenvalue weighted by Crippen LogP contribution is -2.41. The molecule has 0 N–H and O–H groups in total. The van der Waals surface area contributed by atoms with E-state index in [1.165, 1.54) is 24.8 Å². The molecule has 3 heteroatoms. The van der Waals surface area contributed by atoms with E-state index in [4.69, 9.17) is 9.15 Å². The predicted octanol–water partition coefficient (Wildman–Crippen LogP) is 5.72. The van der Waals surface area contributed by atoms with Crippen LogP contribution in [-0.2, 0) is 12.8 Å². The van der Waals surface area contributed by atoms with Crippen molar-refractivity contribution in [2.75, 3.05) is 0 Å². The molecule has 2 aliphatic rings. The van der Waals surface area contributed by atoms with E-state index in [0.29, 0.717) is 12.0 Å². The molecule has 0 saturated heterocycles. The molecule has 3 aromatic rings.